The third-order valence-corrected chi connectivity index (χ3v) is 3.76. The fraction of sp³-hybridized carbons (Fsp3) is 0.800. The number of thioether (sulfide) groups is 1. The van der Waals surface area contributed by atoms with Crippen molar-refractivity contribution in [3.63, 3.8) is 0 Å². The van der Waals surface area contributed by atoms with Crippen LogP contribution in [0.25, 0.3) is 0 Å². The van der Waals surface area contributed by atoms with Gasteiger partial charge in [-0.25, -0.2) is 4.98 Å². The minimum absolute atomic E-state index is 0.253. The highest BCUT2D eigenvalue weighted by Gasteiger charge is 2.18. The molecule has 2 rings (SSSR count). The van der Waals surface area contributed by atoms with Gasteiger partial charge in [0.1, 0.15) is 5.82 Å². The number of aryl methyl sites for hydroxylation is 1. The number of hydrogen-bond acceptors (Lipinski definition) is 4. The predicted octanol–water partition coefficient (Wildman–Crippen LogP) is 1.66. The number of hydrogen-bond donors (Lipinski definition) is 2. The fourth-order valence-corrected chi connectivity index (χ4v) is 2.95. The molecule has 0 spiro atoms. The van der Waals surface area contributed by atoms with Crippen molar-refractivity contribution in [1.82, 2.24) is 20.5 Å². The summed E-state index contributed by atoms with van der Waals surface area (Å²) in [6.45, 7) is 4.06. The van der Waals surface area contributed by atoms with Crippen LogP contribution in [-0.4, -0.2) is 32.7 Å². The van der Waals surface area contributed by atoms with E-state index in [9.17, 15) is 0 Å². The molecular weight excluding hydrogens is 208 g/mol. The maximum atomic E-state index is 4.34. The van der Waals surface area contributed by atoms with Crippen LogP contribution in [0.2, 0.25) is 0 Å². The van der Waals surface area contributed by atoms with E-state index in [1.165, 1.54) is 24.3 Å². The van der Waals surface area contributed by atoms with Gasteiger partial charge < -0.3 is 5.32 Å². The van der Waals surface area contributed by atoms with E-state index < -0.39 is 0 Å². The number of nitrogens with zero attached hydrogens (tertiary/aromatic N) is 2. The first-order valence-corrected chi connectivity index (χ1v) is 6.64. The largest absolute Gasteiger partial charge is 0.305 e. The van der Waals surface area contributed by atoms with Crippen LogP contribution in [0.3, 0.4) is 0 Å². The lowest BCUT2D eigenvalue weighted by molar-refractivity contribution is 0.420. The van der Waals surface area contributed by atoms with Crippen molar-refractivity contribution in [2.45, 2.75) is 38.8 Å². The molecule has 1 fully saturated rings. The van der Waals surface area contributed by atoms with Gasteiger partial charge in [0.15, 0.2) is 5.82 Å². The van der Waals surface area contributed by atoms with Gasteiger partial charge in [-0.3, -0.25) is 5.10 Å². The van der Waals surface area contributed by atoms with Crippen LogP contribution in [0.5, 0.6) is 0 Å². The molecule has 1 aromatic heterocycles. The topological polar surface area (TPSA) is 53.6 Å². The minimum atomic E-state index is 0.253. The molecule has 1 aromatic rings. The lowest BCUT2D eigenvalue weighted by Crippen LogP contribution is -2.34. The molecule has 15 heavy (non-hydrogen) atoms. The van der Waals surface area contributed by atoms with Gasteiger partial charge >= 0.3 is 0 Å². The van der Waals surface area contributed by atoms with E-state index >= 15 is 0 Å². The lowest BCUT2D eigenvalue weighted by atomic mass is 10.1. The number of aromatic amines is 1. The molecule has 4 nitrogen and oxygen atoms in total. The minimum Gasteiger partial charge on any atom is -0.305 e. The summed E-state index contributed by atoms with van der Waals surface area (Å²) in [6.07, 6.45) is 2.52. The monoisotopic (exact) mass is 226 g/mol. The Balaban J connectivity index is 1.88. The van der Waals surface area contributed by atoms with Crippen molar-refractivity contribution < 1.29 is 0 Å². The van der Waals surface area contributed by atoms with Gasteiger partial charge in [-0.15, -0.1) is 0 Å². The van der Waals surface area contributed by atoms with Crippen LogP contribution < -0.4 is 5.32 Å². The SMILES string of the molecule is Cc1nc([C@H](C)NC2CCSCC2)n[nH]1. The van der Waals surface area contributed by atoms with Crippen LogP contribution in [0.4, 0.5) is 0 Å². The quantitative estimate of drug-likeness (QED) is 0.823. The number of nitrogens with one attached hydrogen (secondary N) is 2. The van der Waals surface area contributed by atoms with Gasteiger partial charge in [0.25, 0.3) is 0 Å². The maximum Gasteiger partial charge on any atom is 0.167 e. The molecule has 0 aliphatic carbocycles. The van der Waals surface area contributed by atoms with Crippen molar-refractivity contribution in [2.75, 3.05) is 11.5 Å². The molecule has 0 saturated carbocycles. The van der Waals surface area contributed by atoms with Gasteiger partial charge in [-0.05, 0) is 38.2 Å². The van der Waals surface area contributed by atoms with Crippen LogP contribution >= 0.6 is 11.8 Å². The molecule has 1 aliphatic heterocycles. The molecule has 84 valence electrons. The molecule has 2 N–H and O–H groups in total. The van der Waals surface area contributed by atoms with Crippen LogP contribution in [0.1, 0.15) is 37.5 Å². The highest BCUT2D eigenvalue weighted by atomic mass is 32.2. The predicted molar refractivity (Wildman–Crippen MR) is 63.0 cm³/mol. The normalized spacial score (nSPS) is 20.4. The van der Waals surface area contributed by atoms with E-state index in [4.69, 9.17) is 0 Å². The van der Waals surface area contributed by atoms with Crippen LogP contribution in [-0.2, 0) is 0 Å². The maximum absolute atomic E-state index is 4.34. The highest BCUT2D eigenvalue weighted by Crippen LogP contribution is 2.19. The van der Waals surface area contributed by atoms with Crippen molar-refractivity contribution in [3.8, 4) is 0 Å². The second-order valence-electron chi connectivity index (χ2n) is 4.05. The molecule has 5 heteroatoms. The Kier molecular flexibility index (Phi) is 3.64. The van der Waals surface area contributed by atoms with Crippen molar-refractivity contribution in [3.05, 3.63) is 11.6 Å². The lowest BCUT2D eigenvalue weighted by Gasteiger charge is -2.25. The fourth-order valence-electron chi connectivity index (χ4n) is 1.85. The summed E-state index contributed by atoms with van der Waals surface area (Å²) in [5, 5.41) is 10.6. The summed E-state index contributed by atoms with van der Waals surface area (Å²) in [7, 11) is 0. The first-order chi connectivity index (χ1) is 7.25. The van der Waals surface area contributed by atoms with Crippen molar-refractivity contribution in [1.29, 1.82) is 0 Å². The summed E-state index contributed by atoms with van der Waals surface area (Å²) in [6, 6.07) is 0.892. The number of aromatic nitrogens is 3. The second-order valence-corrected chi connectivity index (χ2v) is 5.28. The zero-order valence-electron chi connectivity index (χ0n) is 9.29. The molecule has 0 unspecified atom stereocenters. The average Bonchev–Trinajstić information content (AvgIpc) is 2.66. The Labute approximate surface area is 94.6 Å². The summed E-state index contributed by atoms with van der Waals surface area (Å²) in [5.41, 5.74) is 0. The Morgan fingerprint density at radius 1 is 1.47 bits per heavy atom. The van der Waals surface area contributed by atoms with Crippen LogP contribution in [0.15, 0.2) is 0 Å². The Bertz CT molecular complexity index is 306. The third-order valence-electron chi connectivity index (χ3n) is 2.71. The van der Waals surface area contributed by atoms with E-state index in [-0.39, 0.29) is 6.04 Å². The van der Waals surface area contributed by atoms with E-state index in [1.807, 2.05) is 18.7 Å². The molecule has 1 aliphatic rings. The molecule has 2 heterocycles. The van der Waals surface area contributed by atoms with Crippen molar-refractivity contribution >= 4 is 11.8 Å². The van der Waals surface area contributed by atoms with Gasteiger partial charge in [0.2, 0.25) is 0 Å². The summed E-state index contributed by atoms with van der Waals surface area (Å²) >= 11 is 2.05. The second kappa shape index (κ2) is 4.99. The number of H-pyrrole nitrogens is 1. The van der Waals surface area contributed by atoms with Gasteiger partial charge in [0, 0.05) is 6.04 Å². The molecule has 0 aromatic carbocycles. The number of rotatable bonds is 3. The first-order valence-electron chi connectivity index (χ1n) is 5.48. The Morgan fingerprint density at radius 2 is 2.20 bits per heavy atom. The van der Waals surface area contributed by atoms with E-state index in [0.717, 1.165) is 11.6 Å². The van der Waals surface area contributed by atoms with Gasteiger partial charge in [-0.2, -0.15) is 16.9 Å². The molecular formula is C10H18N4S. The summed E-state index contributed by atoms with van der Waals surface area (Å²) in [4.78, 5) is 4.34. The molecule has 0 bridgehead atoms. The van der Waals surface area contributed by atoms with Crippen LogP contribution in [0, 0.1) is 6.92 Å². The van der Waals surface area contributed by atoms with E-state index in [2.05, 4.69) is 27.4 Å². The van der Waals surface area contributed by atoms with E-state index in [1.54, 1.807) is 0 Å². The molecule has 1 saturated heterocycles. The van der Waals surface area contributed by atoms with Gasteiger partial charge in [-0.1, -0.05) is 0 Å². The smallest absolute Gasteiger partial charge is 0.167 e. The summed E-state index contributed by atoms with van der Waals surface area (Å²) < 4.78 is 0. The standard InChI is InChI=1S/C10H18N4S/c1-7(10-12-8(2)13-14-10)11-9-3-5-15-6-4-9/h7,9,11H,3-6H2,1-2H3,(H,12,13,14)/t7-/m0/s1. The molecule has 0 radical (unpaired) electrons. The zero-order valence-corrected chi connectivity index (χ0v) is 10.1. The third kappa shape index (κ3) is 2.95. The van der Waals surface area contributed by atoms with E-state index in [0.29, 0.717) is 6.04 Å². The average molecular weight is 226 g/mol. The van der Waals surface area contributed by atoms with Gasteiger partial charge in [0.05, 0.1) is 6.04 Å². The highest BCUT2D eigenvalue weighted by molar-refractivity contribution is 7.99. The molecule has 0 amide bonds. The first kappa shape index (κ1) is 11.0. The summed E-state index contributed by atoms with van der Waals surface area (Å²) in [5.74, 6) is 4.32. The van der Waals surface area contributed by atoms with Crippen molar-refractivity contribution in [2.24, 2.45) is 0 Å². The Morgan fingerprint density at radius 3 is 2.80 bits per heavy atom. The Hall–Kier alpha value is -0.550. The zero-order chi connectivity index (χ0) is 10.7. The molecule has 1 atom stereocenters.